The number of hydrogen-bond donors (Lipinski definition) is 0. The summed E-state index contributed by atoms with van der Waals surface area (Å²) in [5.74, 6) is 1.32. The Bertz CT molecular complexity index is 855. The minimum atomic E-state index is -0.379. The first-order chi connectivity index (χ1) is 13.5. The van der Waals surface area contributed by atoms with E-state index < -0.39 is 0 Å². The fourth-order valence-electron chi connectivity index (χ4n) is 2.81. The van der Waals surface area contributed by atoms with Gasteiger partial charge in [0.2, 0.25) is 0 Å². The maximum Gasteiger partial charge on any atom is 0.414 e. The summed E-state index contributed by atoms with van der Waals surface area (Å²) in [6.45, 7) is 5.90. The summed E-state index contributed by atoms with van der Waals surface area (Å²) in [7, 11) is 0. The van der Waals surface area contributed by atoms with E-state index in [1.54, 1.807) is 30.3 Å². The van der Waals surface area contributed by atoms with Crippen LogP contribution in [-0.4, -0.2) is 31.6 Å². The van der Waals surface area contributed by atoms with Gasteiger partial charge in [0, 0.05) is 11.3 Å². The van der Waals surface area contributed by atoms with Crippen molar-refractivity contribution in [2.45, 2.75) is 20.3 Å². The Morgan fingerprint density at radius 1 is 1.21 bits per heavy atom. The molecule has 0 aliphatic carbocycles. The average Bonchev–Trinajstić information content (AvgIpc) is 3.13. The molecule has 0 unspecified atom stereocenters. The lowest BCUT2D eigenvalue weighted by atomic mass is 10.1. The molecule has 1 aliphatic rings. The molecule has 2 aromatic rings. The average molecular weight is 379 g/mol. The van der Waals surface area contributed by atoms with E-state index in [0.29, 0.717) is 36.9 Å². The molecule has 1 heterocycles. The Hall–Kier alpha value is -3.08. The van der Waals surface area contributed by atoms with Gasteiger partial charge in [0.1, 0.15) is 12.4 Å². The van der Waals surface area contributed by atoms with Crippen LogP contribution >= 0.6 is 0 Å². The fraction of sp³-hybridized carbons (Fsp3) is 0.304. The van der Waals surface area contributed by atoms with Crippen LogP contribution in [0.4, 0.5) is 10.5 Å². The molecule has 0 radical (unpaired) electrons. The highest BCUT2D eigenvalue weighted by atomic mass is 16.6. The number of carbonyl (C=O) groups excluding carboxylic acids is 2. The maximum absolute atomic E-state index is 12.5. The largest absolute Gasteiger partial charge is 0.494 e. The minimum absolute atomic E-state index is 0.119. The number of anilines is 1. The number of ether oxygens (including phenoxy) is 2. The van der Waals surface area contributed by atoms with E-state index in [2.05, 4.69) is 13.8 Å². The lowest BCUT2D eigenvalue weighted by molar-refractivity contribution is 0.104. The standard InChI is InChI=1S/C23H25NO4/c1-17(2)12-14-27-21-9-6-18(7-10-21)8-11-22(25)19-4-3-5-20(16-19)24-13-15-28-23(24)26/h3-11,16-17H,12-15H2,1-2H3/b11-8+. The lowest BCUT2D eigenvalue weighted by Gasteiger charge is -2.13. The SMILES string of the molecule is CC(C)CCOc1ccc(/C=C/C(=O)c2cccc(N3CCOC3=O)c2)cc1. The molecule has 1 saturated heterocycles. The molecule has 1 aliphatic heterocycles. The van der Waals surface area contributed by atoms with Crippen molar-refractivity contribution < 1.29 is 19.1 Å². The number of amides is 1. The number of nitrogens with zero attached hydrogens (tertiary/aromatic N) is 1. The van der Waals surface area contributed by atoms with Gasteiger partial charge >= 0.3 is 6.09 Å². The molecule has 5 heteroatoms. The molecule has 0 spiro atoms. The van der Waals surface area contributed by atoms with Crippen molar-refractivity contribution in [2.75, 3.05) is 24.7 Å². The molecule has 28 heavy (non-hydrogen) atoms. The number of hydrogen-bond acceptors (Lipinski definition) is 4. The van der Waals surface area contributed by atoms with Crippen LogP contribution in [0.25, 0.3) is 6.08 Å². The first-order valence-corrected chi connectivity index (χ1v) is 9.52. The van der Waals surface area contributed by atoms with E-state index in [1.807, 2.05) is 24.3 Å². The van der Waals surface area contributed by atoms with E-state index >= 15 is 0 Å². The zero-order valence-corrected chi connectivity index (χ0v) is 16.3. The molecule has 146 valence electrons. The van der Waals surface area contributed by atoms with Gasteiger partial charge in [0.15, 0.2) is 5.78 Å². The summed E-state index contributed by atoms with van der Waals surface area (Å²) in [5.41, 5.74) is 2.12. The van der Waals surface area contributed by atoms with Gasteiger partial charge in [-0.25, -0.2) is 4.79 Å². The number of ketones is 1. The molecule has 1 fully saturated rings. The van der Waals surface area contributed by atoms with Crippen LogP contribution in [0.5, 0.6) is 5.75 Å². The van der Waals surface area contributed by atoms with Crippen LogP contribution in [-0.2, 0) is 4.74 Å². The third kappa shape index (κ3) is 5.22. The summed E-state index contributed by atoms with van der Waals surface area (Å²) in [6.07, 6.45) is 3.95. The Morgan fingerprint density at radius 3 is 2.68 bits per heavy atom. The summed E-state index contributed by atoms with van der Waals surface area (Å²) in [6, 6.07) is 14.7. The highest BCUT2D eigenvalue weighted by molar-refractivity contribution is 6.07. The molecule has 3 rings (SSSR count). The summed E-state index contributed by atoms with van der Waals surface area (Å²) in [5, 5.41) is 0. The van der Waals surface area contributed by atoms with Crippen molar-refractivity contribution in [3.8, 4) is 5.75 Å². The third-order valence-electron chi connectivity index (χ3n) is 4.47. The second-order valence-electron chi connectivity index (χ2n) is 7.11. The van der Waals surface area contributed by atoms with Crippen molar-refractivity contribution in [1.29, 1.82) is 0 Å². The zero-order chi connectivity index (χ0) is 19.9. The molecule has 0 aromatic heterocycles. The molecule has 0 atom stereocenters. The Balaban J connectivity index is 1.61. The highest BCUT2D eigenvalue weighted by Gasteiger charge is 2.23. The van der Waals surface area contributed by atoms with E-state index in [0.717, 1.165) is 17.7 Å². The van der Waals surface area contributed by atoms with Gasteiger partial charge in [-0.1, -0.05) is 44.2 Å². The van der Waals surface area contributed by atoms with Gasteiger partial charge in [0.25, 0.3) is 0 Å². The van der Waals surface area contributed by atoms with Crippen molar-refractivity contribution >= 4 is 23.6 Å². The van der Waals surface area contributed by atoms with Gasteiger partial charge < -0.3 is 9.47 Å². The molecule has 0 N–H and O–H groups in total. The van der Waals surface area contributed by atoms with E-state index in [-0.39, 0.29) is 11.9 Å². The van der Waals surface area contributed by atoms with Gasteiger partial charge in [-0.05, 0) is 48.2 Å². The minimum Gasteiger partial charge on any atom is -0.494 e. The Morgan fingerprint density at radius 2 is 2.00 bits per heavy atom. The molecule has 5 nitrogen and oxygen atoms in total. The number of carbonyl (C=O) groups is 2. The van der Waals surface area contributed by atoms with Gasteiger partial charge in [-0.3, -0.25) is 9.69 Å². The van der Waals surface area contributed by atoms with Crippen LogP contribution in [0.1, 0.15) is 36.2 Å². The lowest BCUT2D eigenvalue weighted by Crippen LogP contribution is -2.23. The second-order valence-corrected chi connectivity index (χ2v) is 7.11. The van der Waals surface area contributed by atoms with Gasteiger partial charge in [0.05, 0.1) is 13.2 Å². The topological polar surface area (TPSA) is 55.8 Å². The summed E-state index contributed by atoms with van der Waals surface area (Å²) >= 11 is 0. The zero-order valence-electron chi connectivity index (χ0n) is 16.3. The second kappa shape index (κ2) is 9.22. The summed E-state index contributed by atoms with van der Waals surface area (Å²) < 4.78 is 10.7. The van der Waals surface area contributed by atoms with Gasteiger partial charge in [-0.15, -0.1) is 0 Å². The molecule has 0 bridgehead atoms. The van der Waals surface area contributed by atoms with Crippen molar-refractivity contribution in [2.24, 2.45) is 5.92 Å². The van der Waals surface area contributed by atoms with E-state index in [9.17, 15) is 9.59 Å². The number of rotatable bonds is 8. The Labute approximate surface area is 165 Å². The monoisotopic (exact) mass is 379 g/mol. The van der Waals surface area contributed by atoms with Crippen LogP contribution in [0.3, 0.4) is 0 Å². The molecule has 2 aromatic carbocycles. The molecule has 0 saturated carbocycles. The Kier molecular flexibility index (Phi) is 6.48. The first-order valence-electron chi connectivity index (χ1n) is 9.52. The molecular formula is C23H25NO4. The smallest absolute Gasteiger partial charge is 0.414 e. The van der Waals surface area contributed by atoms with Crippen LogP contribution in [0, 0.1) is 5.92 Å². The fourth-order valence-corrected chi connectivity index (χ4v) is 2.81. The van der Waals surface area contributed by atoms with Gasteiger partial charge in [-0.2, -0.15) is 0 Å². The van der Waals surface area contributed by atoms with Crippen LogP contribution in [0.2, 0.25) is 0 Å². The number of allylic oxidation sites excluding steroid dienone is 1. The van der Waals surface area contributed by atoms with Crippen LogP contribution in [0.15, 0.2) is 54.6 Å². The van der Waals surface area contributed by atoms with Crippen LogP contribution < -0.4 is 9.64 Å². The first kappa shape index (κ1) is 19.7. The highest BCUT2D eigenvalue weighted by Crippen LogP contribution is 2.21. The molecule has 1 amide bonds. The van der Waals surface area contributed by atoms with E-state index in [1.165, 1.54) is 11.0 Å². The number of cyclic esters (lactones) is 1. The quantitative estimate of drug-likeness (QED) is 0.480. The van der Waals surface area contributed by atoms with E-state index in [4.69, 9.17) is 9.47 Å². The maximum atomic E-state index is 12.5. The van der Waals surface area contributed by atoms with Crippen molar-refractivity contribution in [3.05, 3.63) is 65.7 Å². The predicted octanol–water partition coefficient (Wildman–Crippen LogP) is 4.96. The predicted molar refractivity (Wildman–Crippen MR) is 110 cm³/mol. The third-order valence-corrected chi connectivity index (χ3v) is 4.47. The normalized spacial score (nSPS) is 14.0. The van der Waals surface area contributed by atoms with Crippen molar-refractivity contribution in [1.82, 2.24) is 0 Å². The van der Waals surface area contributed by atoms with Crippen molar-refractivity contribution in [3.63, 3.8) is 0 Å². The number of benzene rings is 2. The summed E-state index contributed by atoms with van der Waals surface area (Å²) in [4.78, 5) is 25.7. The molecular weight excluding hydrogens is 354 g/mol.